The van der Waals surface area contributed by atoms with Crippen LogP contribution in [0.25, 0.3) is 10.2 Å². The molecule has 0 N–H and O–H groups in total. The van der Waals surface area contributed by atoms with Crippen molar-refractivity contribution in [2.45, 2.75) is 24.6 Å². The van der Waals surface area contributed by atoms with Gasteiger partial charge in [0.2, 0.25) is 0 Å². The Labute approximate surface area is 129 Å². The average Bonchev–Trinajstić information content (AvgIpc) is 3.04. The van der Waals surface area contributed by atoms with Crippen molar-refractivity contribution in [3.05, 3.63) is 51.2 Å². The number of hydrogen-bond donors (Lipinski definition) is 0. The van der Waals surface area contributed by atoms with Crippen molar-refractivity contribution in [3.8, 4) is 0 Å². The summed E-state index contributed by atoms with van der Waals surface area (Å²) in [6, 6.07) is 12.8. The molecular weight excluding hydrogens is 338 g/mol. The van der Waals surface area contributed by atoms with Crippen LogP contribution in [0.5, 0.6) is 0 Å². The third kappa shape index (κ3) is 2.91. The number of aromatic nitrogens is 1. The number of fused-ring (bicyclic) bond motifs is 1. The molecule has 0 aliphatic carbocycles. The number of thiophene rings is 1. The molecule has 0 fully saturated rings. The van der Waals surface area contributed by atoms with Crippen molar-refractivity contribution in [3.63, 3.8) is 0 Å². The molecule has 19 heavy (non-hydrogen) atoms. The zero-order chi connectivity index (χ0) is 13.2. The molecule has 3 aromatic rings. The Hall–Kier alpha value is -0.710. The molecule has 98 valence electrons. The van der Waals surface area contributed by atoms with Crippen LogP contribution in [-0.2, 0) is 12.8 Å². The van der Waals surface area contributed by atoms with Gasteiger partial charge in [-0.15, -0.1) is 22.7 Å². The summed E-state index contributed by atoms with van der Waals surface area (Å²) in [4.78, 5) is 7.92. The molecule has 0 radical (unpaired) electrons. The lowest BCUT2D eigenvalue weighted by Gasteiger charge is -2.04. The molecule has 0 aliphatic rings. The van der Waals surface area contributed by atoms with Crippen LogP contribution in [0.1, 0.15) is 26.5 Å². The molecule has 1 nitrogen and oxygen atoms in total. The molecule has 0 spiro atoms. The molecule has 0 amide bonds. The van der Waals surface area contributed by atoms with Crippen LogP contribution in [-0.4, -0.2) is 4.98 Å². The zero-order valence-corrected chi connectivity index (χ0v) is 13.8. The third-order valence-electron chi connectivity index (χ3n) is 3.03. The molecule has 3 rings (SSSR count). The Balaban J connectivity index is 1.80. The Morgan fingerprint density at radius 3 is 2.74 bits per heavy atom. The van der Waals surface area contributed by atoms with Crippen LogP contribution >= 0.6 is 38.6 Å². The van der Waals surface area contributed by atoms with Gasteiger partial charge in [-0.05, 0) is 30.7 Å². The van der Waals surface area contributed by atoms with Crippen LogP contribution in [0.4, 0.5) is 0 Å². The van der Waals surface area contributed by atoms with E-state index in [4.69, 9.17) is 4.98 Å². The molecule has 2 heterocycles. The third-order valence-corrected chi connectivity index (χ3v) is 6.55. The van der Waals surface area contributed by atoms with Gasteiger partial charge in [-0.2, -0.15) is 0 Å². The molecular formula is C15H14BrNS2. The lowest BCUT2D eigenvalue weighted by atomic mass is 10.2. The van der Waals surface area contributed by atoms with Gasteiger partial charge in [-0.25, -0.2) is 4.98 Å². The monoisotopic (exact) mass is 351 g/mol. The van der Waals surface area contributed by atoms with Gasteiger partial charge in [-0.1, -0.05) is 35.0 Å². The Morgan fingerprint density at radius 1 is 1.16 bits per heavy atom. The molecule has 0 saturated heterocycles. The standard InChI is InChI=1S/C15H14BrNS2/c1-2-10-7-8-13(18-10)11(16)9-15-17-12-5-3-4-6-14(12)19-15/h3-8,11H,2,9H2,1H3. The van der Waals surface area contributed by atoms with Crippen LogP contribution < -0.4 is 0 Å². The van der Waals surface area contributed by atoms with Gasteiger partial charge < -0.3 is 0 Å². The first-order valence-electron chi connectivity index (χ1n) is 6.33. The summed E-state index contributed by atoms with van der Waals surface area (Å²) in [6.45, 7) is 2.20. The van der Waals surface area contributed by atoms with Gasteiger partial charge in [-0.3, -0.25) is 0 Å². The molecule has 2 aromatic heterocycles. The quantitative estimate of drug-likeness (QED) is 0.557. The molecule has 1 aromatic carbocycles. The summed E-state index contributed by atoms with van der Waals surface area (Å²) in [6.07, 6.45) is 2.08. The number of halogens is 1. The van der Waals surface area contributed by atoms with E-state index in [0.717, 1.165) is 18.4 Å². The summed E-state index contributed by atoms with van der Waals surface area (Å²) in [7, 11) is 0. The smallest absolute Gasteiger partial charge is 0.0953 e. The fourth-order valence-electron chi connectivity index (χ4n) is 2.01. The van der Waals surface area contributed by atoms with E-state index in [2.05, 4.69) is 53.2 Å². The summed E-state index contributed by atoms with van der Waals surface area (Å²) >= 11 is 7.49. The number of thiazole rings is 1. The highest BCUT2D eigenvalue weighted by atomic mass is 79.9. The number of rotatable bonds is 4. The van der Waals surface area contributed by atoms with E-state index in [-0.39, 0.29) is 0 Å². The minimum Gasteiger partial charge on any atom is -0.241 e. The summed E-state index contributed by atoms with van der Waals surface area (Å²) < 4.78 is 1.28. The van der Waals surface area contributed by atoms with Crippen molar-refractivity contribution in [2.75, 3.05) is 0 Å². The first kappa shape index (κ1) is 13.3. The summed E-state index contributed by atoms with van der Waals surface area (Å²) in [5.41, 5.74) is 1.11. The summed E-state index contributed by atoms with van der Waals surface area (Å²) in [5.74, 6) is 0. The number of alkyl halides is 1. The number of aryl methyl sites for hydroxylation is 1. The van der Waals surface area contributed by atoms with Crippen molar-refractivity contribution >= 4 is 48.8 Å². The normalized spacial score (nSPS) is 12.9. The van der Waals surface area contributed by atoms with E-state index in [0.29, 0.717) is 4.83 Å². The molecule has 0 aliphatic heterocycles. The molecule has 1 atom stereocenters. The predicted octanol–water partition coefficient (Wildman–Crippen LogP) is 5.60. The van der Waals surface area contributed by atoms with E-state index >= 15 is 0 Å². The van der Waals surface area contributed by atoms with E-state index in [1.165, 1.54) is 19.5 Å². The van der Waals surface area contributed by atoms with E-state index < -0.39 is 0 Å². The fourth-order valence-corrected chi connectivity index (χ4v) is 4.91. The summed E-state index contributed by atoms with van der Waals surface area (Å²) in [5, 5.41) is 1.20. The van der Waals surface area contributed by atoms with Crippen LogP contribution in [0.15, 0.2) is 36.4 Å². The SMILES string of the molecule is CCc1ccc(C(Br)Cc2nc3ccccc3s2)s1. The largest absolute Gasteiger partial charge is 0.241 e. The van der Waals surface area contributed by atoms with E-state index in [1.54, 1.807) is 11.3 Å². The van der Waals surface area contributed by atoms with Gasteiger partial charge in [0.1, 0.15) is 0 Å². The second kappa shape index (κ2) is 5.73. The van der Waals surface area contributed by atoms with E-state index in [9.17, 15) is 0 Å². The number of hydrogen-bond acceptors (Lipinski definition) is 3. The minimum atomic E-state index is 0.373. The maximum Gasteiger partial charge on any atom is 0.0953 e. The van der Waals surface area contributed by atoms with Gasteiger partial charge in [0.25, 0.3) is 0 Å². The Kier molecular flexibility index (Phi) is 4.01. The first-order valence-corrected chi connectivity index (χ1v) is 8.88. The minimum absolute atomic E-state index is 0.373. The van der Waals surface area contributed by atoms with Gasteiger partial charge in [0.05, 0.1) is 20.1 Å². The Bertz CT molecular complexity index is 653. The van der Waals surface area contributed by atoms with Crippen molar-refractivity contribution in [1.82, 2.24) is 4.98 Å². The molecule has 1 unspecified atom stereocenters. The molecule has 0 bridgehead atoms. The van der Waals surface area contributed by atoms with Crippen molar-refractivity contribution < 1.29 is 0 Å². The molecule has 4 heteroatoms. The molecule has 0 saturated carbocycles. The van der Waals surface area contributed by atoms with Crippen LogP contribution in [0.2, 0.25) is 0 Å². The second-order valence-corrected chi connectivity index (χ2v) is 7.83. The van der Waals surface area contributed by atoms with Crippen LogP contribution in [0.3, 0.4) is 0 Å². The van der Waals surface area contributed by atoms with Crippen molar-refractivity contribution in [2.24, 2.45) is 0 Å². The lowest BCUT2D eigenvalue weighted by Crippen LogP contribution is -1.91. The topological polar surface area (TPSA) is 12.9 Å². The zero-order valence-electron chi connectivity index (χ0n) is 10.6. The predicted molar refractivity (Wildman–Crippen MR) is 88.7 cm³/mol. The Morgan fingerprint density at radius 2 is 2.00 bits per heavy atom. The van der Waals surface area contributed by atoms with E-state index in [1.807, 2.05) is 17.4 Å². The highest BCUT2D eigenvalue weighted by Gasteiger charge is 2.13. The average molecular weight is 352 g/mol. The maximum absolute atomic E-state index is 4.70. The number of nitrogens with zero attached hydrogens (tertiary/aromatic N) is 1. The maximum atomic E-state index is 4.70. The number of para-hydroxylation sites is 1. The lowest BCUT2D eigenvalue weighted by molar-refractivity contribution is 0.957. The van der Waals surface area contributed by atoms with Gasteiger partial charge >= 0.3 is 0 Å². The number of benzene rings is 1. The van der Waals surface area contributed by atoms with Gasteiger partial charge in [0.15, 0.2) is 0 Å². The van der Waals surface area contributed by atoms with Gasteiger partial charge in [0, 0.05) is 16.2 Å². The van der Waals surface area contributed by atoms with Crippen molar-refractivity contribution in [1.29, 1.82) is 0 Å². The fraction of sp³-hybridized carbons (Fsp3) is 0.267. The second-order valence-electron chi connectivity index (χ2n) is 4.40. The highest BCUT2D eigenvalue weighted by molar-refractivity contribution is 9.09. The first-order chi connectivity index (χ1) is 9.26. The van der Waals surface area contributed by atoms with Crippen LogP contribution in [0, 0.1) is 0 Å². The highest BCUT2D eigenvalue weighted by Crippen LogP contribution is 2.34.